The van der Waals surface area contributed by atoms with Gasteiger partial charge in [-0.1, -0.05) is 0 Å². The van der Waals surface area contributed by atoms with E-state index in [0.717, 1.165) is 0 Å². The summed E-state index contributed by atoms with van der Waals surface area (Å²) < 4.78 is 0. The van der Waals surface area contributed by atoms with Crippen molar-refractivity contribution in [2.45, 2.75) is 13.0 Å². The average molecular weight is 256 g/mol. The fourth-order valence-corrected chi connectivity index (χ4v) is 0. The molecule has 0 aliphatic rings. The van der Waals surface area contributed by atoms with E-state index < -0.39 is 6.10 Å². The van der Waals surface area contributed by atoms with Gasteiger partial charge >= 0.3 is 0 Å². The van der Waals surface area contributed by atoms with Crippen LogP contribution >= 0.6 is 0 Å². The Hall–Kier alpha value is -0.320. The highest BCUT2D eigenvalue weighted by Crippen LogP contribution is 1.68. The van der Waals surface area contributed by atoms with Crippen molar-refractivity contribution in [3.63, 3.8) is 0 Å². The lowest BCUT2D eigenvalue weighted by Crippen LogP contribution is -2.11. The van der Waals surface area contributed by atoms with Crippen molar-refractivity contribution in [1.29, 1.82) is 0 Å². The van der Waals surface area contributed by atoms with Crippen molar-refractivity contribution in [2.75, 3.05) is 45.9 Å². The SMILES string of the molecule is CC(O)CO.NCCN.NCCN.NCCN. The van der Waals surface area contributed by atoms with Gasteiger partial charge in [0.2, 0.25) is 0 Å². The standard InChI is InChI=1S/C3H8O2.3C2H8N2/c1-3(5)2-4;3*3-1-2-4/h3-5H,2H2,1H3;3*1-4H2. The number of hydrogen-bond donors (Lipinski definition) is 8. The minimum atomic E-state index is -0.560. The average Bonchev–Trinajstić information content (AvgIpc) is 2.39. The van der Waals surface area contributed by atoms with Crippen LogP contribution in [0.25, 0.3) is 0 Å². The van der Waals surface area contributed by atoms with Crippen LogP contribution in [0.2, 0.25) is 0 Å². The third-order valence-corrected chi connectivity index (χ3v) is 0.764. The maximum atomic E-state index is 8.11. The Morgan fingerprint density at radius 2 is 0.824 bits per heavy atom. The van der Waals surface area contributed by atoms with Gasteiger partial charge in [0.15, 0.2) is 0 Å². The van der Waals surface area contributed by atoms with Crippen LogP contribution in [0.5, 0.6) is 0 Å². The Morgan fingerprint density at radius 1 is 0.706 bits per heavy atom. The molecule has 8 heteroatoms. The fourth-order valence-electron chi connectivity index (χ4n) is 0. The molecule has 8 nitrogen and oxygen atoms in total. The molecule has 1 unspecified atom stereocenters. The molecule has 1 atom stereocenters. The molecule has 0 aliphatic carbocycles. The molecule has 0 bridgehead atoms. The highest BCUT2D eigenvalue weighted by molar-refractivity contribution is 4.34. The van der Waals surface area contributed by atoms with Crippen LogP contribution in [0, 0.1) is 0 Å². The number of rotatable bonds is 4. The Labute approximate surface area is 104 Å². The first-order valence-corrected chi connectivity index (χ1v) is 5.51. The first-order chi connectivity index (χ1) is 8.01. The monoisotopic (exact) mass is 256 g/mol. The number of hydrogen-bond acceptors (Lipinski definition) is 8. The summed E-state index contributed by atoms with van der Waals surface area (Å²) in [6.45, 7) is 4.97. The van der Waals surface area contributed by atoms with Crippen LogP contribution in [-0.4, -0.2) is 62.2 Å². The van der Waals surface area contributed by atoms with Crippen molar-refractivity contribution in [1.82, 2.24) is 0 Å². The van der Waals surface area contributed by atoms with Crippen LogP contribution in [0.15, 0.2) is 0 Å². The predicted molar refractivity (Wildman–Crippen MR) is 73.1 cm³/mol. The molecule has 0 radical (unpaired) electrons. The lowest BCUT2D eigenvalue weighted by Gasteiger charge is -1.90. The molecule has 0 saturated heterocycles. The molecule has 0 aromatic carbocycles. The summed E-state index contributed by atoms with van der Waals surface area (Å²) in [5.74, 6) is 0. The largest absolute Gasteiger partial charge is 0.394 e. The minimum absolute atomic E-state index is 0.139. The van der Waals surface area contributed by atoms with Crippen molar-refractivity contribution >= 4 is 0 Å². The second kappa shape index (κ2) is 36.1. The van der Waals surface area contributed by atoms with Crippen molar-refractivity contribution < 1.29 is 10.2 Å². The van der Waals surface area contributed by atoms with E-state index in [0.29, 0.717) is 39.3 Å². The normalized spacial score (nSPS) is 9.71. The first-order valence-electron chi connectivity index (χ1n) is 5.51. The van der Waals surface area contributed by atoms with Gasteiger partial charge in [-0.2, -0.15) is 0 Å². The lowest BCUT2D eigenvalue weighted by molar-refractivity contribution is 0.110. The van der Waals surface area contributed by atoms with Gasteiger partial charge < -0.3 is 44.6 Å². The van der Waals surface area contributed by atoms with Gasteiger partial charge in [-0.25, -0.2) is 0 Å². The van der Waals surface area contributed by atoms with Crippen molar-refractivity contribution in [2.24, 2.45) is 34.4 Å². The smallest absolute Gasteiger partial charge is 0.0742 e. The zero-order valence-corrected chi connectivity index (χ0v) is 10.9. The predicted octanol–water partition coefficient (Wildman–Crippen LogP) is -3.93. The Kier molecular flexibility index (Phi) is 54.1. The molecule has 17 heavy (non-hydrogen) atoms. The summed E-state index contributed by atoms with van der Waals surface area (Å²) in [5.41, 5.74) is 29.4. The van der Waals surface area contributed by atoms with E-state index in [1.165, 1.54) is 6.92 Å². The second-order valence-electron chi connectivity index (χ2n) is 2.76. The van der Waals surface area contributed by atoms with Gasteiger partial charge in [0.1, 0.15) is 0 Å². The van der Waals surface area contributed by atoms with Gasteiger partial charge in [0.05, 0.1) is 12.7 Å². The Morgan fingerprint density at radius 3 is 0.824 bits per heavy atom. The van der Waals surface area contributed by atoms with Gasteiger partial charge in [-0.15, -0.1) is 0 Å². The van der Waals surface area contributed by atoms with Crippen LogP contribution in [0.4, 0.5) is 0 Å². The number of nitrogens with two attached hydrogens (primary N) is 6. The molecule has 0 aromatic heterocycles. The highest BCUT2D eigenvalue weighted by Gasteiger charge is 1.83. The van der Waals surface area contributed by atoms with Crippen molar-refractivity contribution in [3.8, 4) is 0 Å². The van der Waals surface area contributed by atoms with E-state index in [1.54, 1.807) is 0 Å². The molecule has 0 rings (SSSR count). The molecule has 0 aliphatic heterocycles. The van der Waals surface area contributed by atoms with E-state index in [2.05, 4.69) is 0 Å². The third kappa shape index (κ3) is 134. The first kappa shape index (κ1) is 25.5. The molecular weight excluding hydrogens is 224 g/mol. The highest BCUT2D eigenvalue weighted by atomic mass is 16.3. The molecule has 110 valence electrons. The zero-order chi connectivity index (χ0) is 14.5. The summed E-state index contributed by atoms with van der Waals surface area (Å²) in [6.07, 6.45) is -0.560. The second-order valence-corrected chi connectivity index (χ2v) is 2.76. The molecule has 14 N–H and O–H groups in total. The minimum Gasteiger partial charge on any atom is -0.394 e. The summed E-state index contributed by atoms with van der Waals surface area (Å²) in [6, 6.07) is 0. The molecule has 0 fully saturated rings. The quantitative estimate of drug-likeness (QED) is 0.249. The summed E-state index contributed by atoms with van der Waals surface area (Å²) in [4.78, 5) is 0. The van der Waals surface area contributed by atoms with Gasteiger partial charge in [0.25, 0.3) is 0 Å². The molecule has 0 aromatic rings. The number of aliphatic hydroxyl groups is 2. The van der Waals surface area contributed by atoms with Crippen LogP contribution in [0.1, 0.15) is 6.92 Å². The molecule has 0 spiro atoms. The van der Waals surface area contributed by atoms with Crippen LogP contribution in [0.3, 0.4) is 0 Å². The molecular formula is C9H32N6O2. The summed E-state index contributed by atoms with van der Waals surface area (Å²) in [5, 5.41) is 16.0. The maximum Gasteiger partial charge on any atom is 0.0742 e. The zero-order valence-electron chi connectivity index (χ0n) is 10.9. The lowest BCUT2D eigenvalue weighted by atomic mass is 10.5. The maximum absolute atomic E-state index is 8.11. The van der Waals surface area contributed by atoms with E-state index >= 15 is 0 Å². The van der Waals surface area contributed by atoms with Gasteiger partial charge in [-0.05, 0) is 6.92 Å². The summed E-state index contributed by atoms with van der Waals surface area (Å²) in [7, 11) is 0. The Balaban J connectivity index is -0.0000000667. The van der Waals surface area contributed by atoms with E-state index in [9.17, 15) is 0 Å². The van der Waals surface area contributed by atoms with Crippen LogP contribution < -0.4 is 34.4 Å². The number of aliphatic hydroxyl groups excluding tert-OH is 2. The molecule has 0 heterocycles. The van der Waals surface area contributed by atoms with E-state index in [-0.39, 0.29) is 6.61 Å². The summed E-state index contributed by atoms with van der Waals surface area (Å²) >= 11 is 0. The topological polar surface area (TPSA) is 197 Å². The molecule has 0 saturated carbocycles. The van der Waals surface area contributed by atoms with Gasteiger partial charge in [0, 0.05) is 39.3 Å². The van der Waals surface area contributed by atoms with E-state index in [1.807, 2.05) is 0 Å². The van der Waals surface area contributed by atoms with Gasteiger partial charge in [-0.3, -0.25) is 0 Å². The van der Waals surface area contributed by atoms with Crippen molar-refractivity contribution in [3.05, 3.63) is 0 Å². The third-order valence-electron chi connectivity index (χ3n) is 0.764. The van der Waals surface area contributed by atoms with Crippen LogP contribution in [-0.2, 0) is 0 Å². The Bertz CT molecular complexity index is 72.4. The fraction of sp³-hybridized carbons (Fsp3) is 1.00. The molecule has 0 amide bonds. The van der Waals surface area contributed by atoms with E-state index in [4.69, 9.17) is 44.6 Å².